The van der Waals surface area contributed by atoms with Crippen LogP contribution >= 0.6 is 0 Å². The van der Waals surface area contributed by atoms with Crippen LogP contribution in [0.5, 0.6) is 0 Å². The maximum absolute atomic E-state index is 12.9. The van der Waals surface area contributed by atoms with Crippen LogP contribution in [0.15, 0.2) is 35.5 Å². The molecule has 0 amide bonds. The summed E-state index contributed by atoms with van der Waals surface area (Å²) in [7, 11) is 0. The number of carbonyl (C=O) groups excluding carboxylic acids is 3. The van der Waals surface area contributed by atoms with E-state index in [1.54, 1.807) is 0 Å². The largest absolute Gasteiger partial charge is 0.512 e. The molecule has 0 saturated heterocycles. The number of alkyl halides is 21. The summed E-state index contributed by atoms with van der Waals surface area (Å²) in [6.45, 7) is 11.2. The summed E-state index contributed by atoms with van der Waals surface area (Å²) >= 11 is 0. The number of allylic oxidation sites excluding steroid dienone is 6. The van der Waals surface area contributed by atoms with E-state index in [2.05, 4.69) is 0 Å². The molecule has 6 nitrogen and oxygen atoms in total. The van der Waals surface area contributed by atoms with Gasteiger partial charge in [0, 0.05) is 81.4 Å². The average Bonchev–Trinajstić information content (AvgIpc) is 2.93. The molecule has 0 aromatic carbocycles. The van der Waals surface area contributed by atoms with Crippen molar-refractivity contribution in [3.8, 4) is 0 Å². The second kappa shape index (κ2) is 19.2. The summed E-state index contributed by atoms with van der Waals surface area (Å²) in [5, 5.41) is 27.5. The smallest absolute Gasteiger partial charge is 0.460 e. The Bertz CT molecular complexity index is 1350. The molecule has 0 aromatic heterocycles. The van der Waals surface area contributed by atoms with Gasteiger partial charge in [-0.15, -0.1) is 0 Å². The number of aliphatic hydroxyl groups is 3. The predicted molar refractivity (Wildman–Crippen MR) is 153 cm³/mol. The maximum atomic E-state index is 12.9. The Morgan fingerprint density at radius 1 is 0.328 bits per heavy atom. The molecule has 0 spiro atoms. The van der Waals surface area contributed by atoms with Gasteiger partial charge in [0.05, 0.1) is 0 Å². The van der Waals surface area contributed by atoms with Gasteiger partial charge in [0.25, 0.3) is 0 Å². The molecule has 0 unspecified atom stereocenters. The fraction of sp³-hybridized carbons (Fsp3) is 0.700. The zero-order valence-corrected chi connectivity index (χ0v) is 32.2. The fourth-order valence-corrected chi connectivity index (χ4v) is 2.29. The van der Waals surface area contributed by atoms with Gasteiger partial charge in [0.1, 0.15) is 17.3 Å². The summed E-state index contributed by atoms with van der Waals surface area (Å²) in [4.78, 5) is 32.5. The number of ketones is 3. The molecule has 0 bridgehead atoms. The van der Waals surface area contributed by atoms with Crippen molar-refractivity contribution in [1.82, 2.24) is 0 Å². The fourth-order valence-electron chi connectivity index (χ4n) is 2.29. The molecule has 0 rings (SSSR count). The molecule has 0 aliphatic rings. The molecule has 0 aliphatic carbocycles. The quantitative estimate of drug-likeness (QED) is 0.120. The first-order valence-electron chi connectivity index (χ1n) is 14.5. The van der Waals surface area contributed by atoms with Crippen LogP contribution in [-0.4, -0.2) is 86.7 Å². The summed E-state index contributed by atoms with van der Waals surface area (Å²) in [5.41, 5.74) is -3.75. The third-order valence-electron chi connectivity index (χ3n) is 6.29. The van der Waals surface area contributed by atoms with E-state index in [9.17, 15) is 107 Å². The number of rotatable bonds is 9. The summed E-state index contributed by atoms with van der Waals surface area (Å²) in [5.74, 6) is -49.1. The van der Waals surface area contributed by atoms with Crippen LogP contribution in [-0.2, 0) is 14.4 Å². The normalized spacial score (nSPS) is 15.3. The first-order chi connectivity index (χ1) is 24.1. The standard InChI is InChI=1S/3C10H11F7O2.Yb/c3*1-7(2,3)5(18)4-6(19)8(11,12)9(13,14)10(15,16)17;/h3*4,18H,1-3H3;. The minimum atomic E-state index is -6.59. The first-order valence-corrected chi connectivity index (χ1v) is 14.5. The van der Waals surface area contributed by atoms with Gasteiger partial charge in [0.15, 0.2) is 0 Å². The van der Waals surface area contributed by atoms with Crippen LogP contribution in [0.4, 0.5) is 92.2 Å². The van der Waals surface area contributed by atoms with Crippen LogP contribution in [0.25, 0.3) is 0 Å². The minimum absolute atomic E-state index is 0. The Morgan fingerprint density at radius 3 is 0.534 bits per heavy atom. The van der Waals surface area contributed by atoms with E-state index >= 15 is 0 Å². The molecule has 0 fully saturated rings. The van der Waals surface area contributed by atoms with Crippen molar-refractivity contribution >= 4 is 17.3 Å². The number of carbonyl (C=O) groups is 3. The second-order valence-electron chi connectivity index (χ2n) is 14.4. The van der Waals surface area contributed by atoms with E-state index in [4.69, 9.17) is 15.3 Å². The van der Waals surface area contributed by atoms with Gasteiger partial charge in [-0.2, -0.15) is 92.2 Å². The molecular formula is C30H33F21O6Yb. The van der Waals surface area contributed by atoms with E-state index in [0.717, 1.165) is 0 Å². The van der Waals surface area contributed by atoms with Crippen molar-refractivity contribution in [2.45, 2.75) is 116 Å². The maximum Gasteiger partial charge on any atom is 0.460 e. The predicted octanol–water partition coefficient (Wildman–Crippen LogP) is 11.6. The van der Waals surface area contributed by atoms with Gasteiger partial charge in [0.2, 0.25) is 17.3 Å². The molecule has 3 N–H and O–H groups in total. The molecular weight excluding hydrogens is 1030 g/mol. The molecule has 0 aromatic rings. The third kappa shape index (κ3) is 15.0. The van der Waals surface area contributed by atoms with Crippen molar-refractivity contribution in [3.63, 3.8) is 0 Å². The van der Waals surface area contributed by atoms with E-state index in [1.807, 2.05) is 0 Å². The van der Waals surface area contributed by atoms with Crippen LogP contribution in [0, 0.1) is 63.2 Å². The molecule has 0 atom stereocenters. The number of hydrogen-bond donors (Lipinski definition) is 3. The molecule has 0 saturated carbocycles. The monoisotopic (exact) mass is 1060 g/mol. The van der Waals surface area contributed by atoms with Crippen LogP contribution < -0.4 is 0 Å². The van der Waals surface area contributed by atoms with E-state index in [1.165, 1.54) is 62.3 Å². The van der Waals surface area contributed by atoms with Crippen LogP contribution in [0.1, 0.15) is 62.3 Å². The molecule has 350 valence electrons. The Hall–Kier alpha value is -2.32. The van der Waals surface area contributed by atoms with E-state index in [-0.39, 0.29) is 65.2 Å². The number of hydrogen-bond acceptors (Lipinski definition) is 6. The number of halogens is 21. The summed E-state index contributed by atoms with van der Waals surface area (Å²) < 4.78 is 258. The molecule has 0 aliphatic heterocycles. The van der Waals surface area contributed by atoms with Gasteiger partial charge >= 0.3 is 54.1 Å². The van der Waals surface area contributed by atoms with Crippen LogP contribution in [0.3, 0.4) is 0 Å². The summed E-state index contributed by atoms with van der Waals surface area (Å²) in [6, 6.07) is 0. The Labute approximate surface area is 352 Å². The van der Waals surface area contributed by atoms with Crippen molar-refractivity contribution in [3.05, 3.63) is 35.5 Å². The topological polar surface area (TPSA) is 112 Å². The van der Waals surface area contributed by atoms with Crippen LogP contribution in [0.2, 0.25) is 0 Å². The van der Waals surface area contributed by atoms with Gasteiger partial charge < -0.3 is 15.3 Å². The average molecular weight is 1060 g/mol. The van der Waals surface area contributed by atoms with Crippen molar-refractivity contribution in [2.75, 3.05) is 0 Å². The van der Waals surface area contributed by atoms with Crippen molar-refractivity contribution < 1.29 is 169 Å². The molecule has 0 radical (unpaired) electrons. The molecule has 28 heteroatoms. The molecule has 0 heterocycles. The Kier molecular flexibility index (Phi) is 20.6. The Balaban J connectivity index is -0.000000374. The van der Waals surface area contributed by atoms with Gasteiger partial charge in [-0.3, -0.25) is 14.4 Å². The van der Waals surface area contributed by atoms with E-state index < -0.39 is 105 Å². The van der Waals surface area contributed by atoms with Gasteiger partial charge in [-0.1, -0.05) is 62.3 Å². The van der Waals surface area contributed by atoms with Crippen molar-refractivity contribution in [2.24, 2.45) is 16.2 Å². The Morgan fingerprint density at radius 2 is 0.448 bits per heavy atom. The minimum Gasteiger partial charge on any atom is -0.512 e. The SMILES string of the molecule is CC(C)(C)C(O)=CC(=O)C(F)(F)C(F)(F)C(F)(F)F.CC(C)(C)C(O)=CC(=O)C(F)(F)C(F)(F)C(F)(F)F.CC(C)(C)C(O)=CC(=O)C(F)(F)C(F)(F)C(F)(F)F.[Yb]. The van der Waals surface area contributed by atoms with Gasteiger partial charge in [-0.25, -0.2) is 0 Å². The van der Waals surface area contributed by atoms with Gasteiger partial charge in [-0.05, 0) is 0 Å². The van der Waals surface area contributed by atoms with E-state index in [0.29, 0.717) is 0 Å². The zero-order valence-electron chi connectivity index (χ0n) is 30.5. The summed E-state index contributed by atoms with van der Waals surface area (Å²) in [6.07, 6.45) is -20.7. The van der Waals surface area contributed by atoms with Crippen molar-refractivity contribution in [1.29, 1.82) is 0 Å². The zero-order chi connectivity index (χ0) is 47.6. The molecule has 58 heavy (non-hydrogen) atoms. The third-order valence-corrected chi connectivity index (χ3v) is 6.29. The number of aliphatic hydroxyl groups excluding tert-OH is 3. The first kappa shape index (κ1) is 62.3. The second-order valence-corrected chi connectivity index (χ2v) is 14.4.